The second-order valence-corrected chi connectivity index (χ2v) is 9.18. The zero-order valence-corrected chi connectivity index (χ0v) is 19.1. The Bertz CT molecular complexity index is 708. The summed E-state index contributed by atoms with van der Waals surface area (Å²) < 4.78 is 11.8. The van der Waals surface area contributed by atoms with Crippen LogP contribution in [0.4, 0.5) is 0 Å². The quantitative estimate of drug-likeness (QED) is 0.307. The molecule has 7 nitrogen and oxygen atoms in total. The van der Waals surface area contributed by atoms with E-state index in [-0.39, 0.29) is 18.4 Å². The molecule has 0 spiro atoms. The fourth-order valence-corrected chi connectivity index (χ4v) is 4.55. The Hall–Kier alpha value is -1.77. The molecule has 0 radical (unpaired) electrons. The highest BCUT2D eigenvalue weighted by Crippen LogP contribution is 2.34. The van der Waals surface area contributed by atoms with Gasteiger partial charge in [-0.05, 0) is 31.9 Å². The summed E-state index contributed by atoms with van der Waals surface area (Å²) in [5.74, 6) is 1.48. The summed E-state index contributed by atoms with van der Waals surface area (Å²) >= 11 is 1.81. The predicted octanol–water partition coefficient (Wildman–Crippen LogP) is 2.29. The molecule has 0 aromatic heterocycles. The number of guanidine groups is 1. The minimum atomic E-state index is -0.521. The smallest absolute Gasteiger partial charge is 0.243 e. The Balaban J connectivity index is 1.61. The van der Waals surface area contributed by atoms with Crippen molar-refractivity contribution in [2.45, 2.75) is 30.4 Å². The molecule has 0 saturated carbocycles. The molecule has 0 aliphatic carbocycles. The lowest BCUT2D eigenvalue weighted by atomic mass is 9.90. The molecular formula is C22H34N4O3S. The van der Waals surface area contributed by atoms with Gasteiger partial charge in [0.05, 0.1) is 13.2 Å². The topological polar surface area (TPSA) is 66.4 Å². The lowest BCUT2D eigenvalue weighted by Gasteiger charge is -2.41. The monoisotopic (exact) mass is 434 g/mol. The molecule has 1 amide bonds. The van der Waals surface area contributed by atoms with E-state index in [4.69, 9.17) is 9.47 Å². The molecular weight excluding hydrogens is 400 g/mol. The van der Waals surface area contributed by atoms with Crippen LogP contribution in [-0.4, -0.2) is 86.7 Å². The first-order chi connectivity index (χ1) is 14.5. The average Bonchev–Trinajstić information content (AvgIpc) is 3.21. The molecule has 2 saturated heterocycles. The Kier molecular flexibility index (Phi) is 8.41. The number of carbonyl (C=O) groups excluding carboxylic acids is 1. The van der Waals surface area contributed by atoms with Crippen LogP contribution in [-0.2, 0) is 14.3 Å². The third-order valence-electron chi connectivity index (χ3n) is 5.58. The zero-order chi connectivity index (χ0) is 21.4. The predicted molar refractivity (Wildman–Crippen MR) is 121 cm³/mol. The largest absolute Gasteiger partial charge is 0.355 e. The molecule has 1 N–H and O–H groups in total. The summed E-state index contributed by atoms with van der Waals surface area (Å²) in [5, 5.41) is 3.48. The summed E-state index contributed by atoms with van der Waals surface area (Å²) in [7, 11) is 3.52. The summed E-state index contributed by atoms with van der Waals surface area (Å²) in [6.45, 7) is 6.00. The van der Waals surface area contributed by atoms with Gasteiger partial charge < -0.3 is 24.6 Å². The van der Waals surface area contributed by atoms with Crippen LogP contribution in [0, 0.1) is 5.92 Å². The molecule has 2 aliphatic rings. The standard InChI is InChI=1S/C22H34N4O3S/c1-22(28-13-14-29-22)18-8-7-12-26(17-18)21(24-16-20(27)25(2)3)23-11-15-30-19-9-5-4-6-10-19/h4-6,9-10,18H,7-8,11-17H2,1-3H3,(H,23,24). The maximum Gasteiger partial charge on any atom is 0.243 e. The third kappa shape index (κ3) is 6.36. The van der Waals surface area contributed by atoms with Crippen LogP contribution in [0.5, 0.6) is 0 Å². The van der Waals surface area contributed by atoms with Crippen LogP contribution in [0.15, 0.2) is 40.2 Å². The summed E-state index contributed by atoms with van der Waals surface area (Å²) in [6.07, 6.45) is 2.12. The molecule has 2 fully saturated rings. The molecule has 3 rings (SSSR count). The first kappa shape index (κ1) is 22.9. The van der Waals surface area contributed by atoms with Crippen molar-refractivity contribution in [2.75, 3.05) is 59.2 Å². The number of piperidine rings is 1. The van der Waals surface area contributed by atoms with Crippen molar-refractivity contribution >= 4 is 23.6 Å². The first-order valence-electron chi connectivity index (χ1n) is 10.7. The number of amides is 1. The van der Waals surface area contributed by atoms with Crippen LogP contribution >= 0.6 is 11.8 Å². The van der Waals surface area contributed by atoms with Crippen LogP contribution in [0.3, 0.4) is 0 Å². The Labute approximate surface area is 184 Å². The molecule has 1 unspecified atom stereocenters. The normalized spacial score (nSPS) is 21.5. The van der Waals surface area contributed by atoms with Gasteiger partial charge >= 0.3 is 0 Å². The molecule has 2 heterocycles. The SMILES string of the molecule is CN(C)C(=O)CN=C(NCCSc1ccccc1)N1CCCC(C2(C)OCCO2)C1. The number of aliphatic imine (C=N–C) groups is 1. The van der Waals surface area contributed by atoms with Crippen molar-refractivity contribution < 1.29 is 14.3 Å². The van der Waals surface area contributed by atoms with Crippen molar-refractivity contribution in [3.05, 3.63) is 30.3 Å². The Morgan fingerprint density at radius 2 is 2.03 bits per heavy atom. The van der Waals surface area contributed by atoms with Gasteiger partial charge in [-0.2, -0.15) is 0 Å². The molecule has 166 valence electrons. The summed E-state index contributed by atoms with van der Waals surface area (Å²) in [5.41, 5.74) is 0. The van der Waals surface area contributed by atoms with Crippen molar-refractivity contribution in [3.63, 3.8) is 0 Å². The highest BCUT2D eigenvalue weighted by atomic mass is 32.2. The minimum absolute atomic E-state index is 0.00376. The molecule has 0 bridgehead atoms. The number of ether oxygens (including phenoxy) is 2. The molecule has 1 atom stereocenters. The van der Waals surface area contributed by atoms with Crippen molar-refractivity contribution in [2.24, 2.45) is 10.9 Å². The van der Waals surface area contributed by atoms with Crippen LogP contribution in [0.2, 0.25) is 0 Å². The van der Waals surface area contributed by atoms with Gasteiger partial charge in [-0.15, -0.1) is 11.8 Å². The Morgan fingerprint density at radius 3 is 2.73 bits per heavy atom. The van der Waals surface area contributed by atoms with Gasteiger partial charge in [0, 0.05) is 50.3 Å². The van der Waals surface area contributed by atoms with Crippen LogP contribution in [0.25, 0.3) is 0 Å². The van der Waals surface area contributed by atoms with Crippen molar-refractivity contribution in [1.82, 2.24) is 15.1 Å². The highest BCUT2D eigenvalue weighted by molar-refractivity contribution is 7.99. The molecule has 1 aromatic carbocycles. The number of carbonyl (C=O) groups is 1. The summed E-state index contributed by atoms with van der Waals surface area (Å²) in [4.78, 5) is 21.8. The average molecular weight is 435 g/mol. The number of likely N-dealkylation sites (N-methyl/N-ethyl adjacent to an activating group) is 1. The van der Waals surface area contributed by atoms with Crippen molar-refractivity contribution in [3.8, 4) is 0 Å². The van der Waals surface area contributed by atoms with Crippen molar-refractivity contribution in [1.29, 1.82) is 0 Å². The van der Waals surface area contributed by atoms with Crippen LogP contribution in [0.1, 0.15) is 19.8 Å². The number of likely N-dealkylation sites (tertiary alicyclic amines) is 1. The zero-order valence-electron chi connectivity index (χ0n) is 18.3. The fraction of sp³-hybridized carbons (Fsp3) is 0.636. The fourth-order valence-electron chi connectivity index (χ4n) is 3.76. The first-order valence-corrected chi connectivity index (χ1v) is 11.7. The second kappa shape index (κ2) is 11.0. The van der Waals surface area contributed by atoms with E-state index in [1.807, 2.05) is 24.8 Å². The van der Waals surface area contributed by atoms with Gasteiger partial charge in [-0.25, -0.2) is 4.99 Å². The van der Waals surface area contributed by atoms with Crippen LogP contribution < -0.4 is 5.32 Å². The van der Waals surface area contributed by atoms with Gasteiger partial charge in [-0.1, -0.05) is 18.2 Å². The van der Waals surface area contributed by atoms with E-state index in [1.165, 1.54) is 4.90 Å². The lowest BCUT2D eigenvalue weighted by molar-refractivity contribution is -0.189. The van der Waals surface area contributed by atoms with Gasteiger partial charge in [0.1, 0.15) is 6.54 Å². The van der Waals surface area contributed by atoms with E-state index in [1.54, 1.807) is 19.0 Å². The number of benzene rings is 1. The molecule has 8 heteroatoms. The van der Waals surface area contributed by atoms with E-state index in [2.05, 4.69) is 39.5 Å². The summed E-state index contributed by atoms with van der Waals surface area (Å²) in [6, 6.07) is 10.4. The van der Waals surface area contributed by atoms with Gasteiger partial charge in [0.2, 0.25) is 5.91 Å². The number of rotatable bonds is 7. The third-order valence-corrected chi connectivity index (χ3v) is 6.60. The van der Waals surface area contributed by atoms with E-state index >= 15 is 0 Å². The maximum absolute atomic E-state index is 12.1. The molecule has 1 aromatic rings. The number of nitrogens with one attached hydrogen (secondary N) is 1. The van der Waals surface area contributed by atoms with Gasteiger partial charge in [-0.3, -0.25) is 4.79 Å². The number of hydrogen-bond acceptors (Lipinski definition) is 5. The van der Waals surface area contributed by atoms with E-state index in [0.29, 0.717) is 13.2 Å². The Morgan fingerprint density at radius 1 is 1.30 bits per heavy atom. The number of nitrogens with zero attached hydrogens (tertiary/aromatic N) is 3. The van der Waals surface area contributed by atoms with Gasteiger partial charge in [0.25, 0.3) is 0 Å². The van der Waals surface area contributed by atoms with E-state index in [0.717, 1.165) is 44.2 Å². The van der Waals surface area contributed by atoms with E-state index in [9.17, 15) is 4.79 Å². The highest BCUT2D eigenvalue weighted by Gasteiger charge is 2.42. The number of hydrogen-bond donors (Lipinski definition) is 1. The van der Waals surface area contributed by atoms with E-state index < -0.39 is 5.79 Å². The minimum Gasteiger partial charge on any atom is -0.355 e. The molecule has 2 aliphatic heterocycles. The van der Waals surface area contributed by atoms with Gasteiger partial charge in [0.15, 0.2) is 11.7 Å². The maximum atomic E-state index is 12.1. The lowest BCUT2D eigenvalue weighted by Crippen LogP contribution is -2.52. The molecule has 30 heavy (non-hydrogen) atoms. The second-order valence-electron chi connectivity index (χ2n) is 8.01. The number of thioether (sulfide) groups is 1.